The van der Waals surface area contributed by atoms with E-state index >= 15 is 0 Å². The van der Waals surface area contributed by atoms with Gasteiger partial charge in [-0.1, -0.05) is 32.8 Å². The van der Waals surface area contributed by atoms with Gasteiger partial charge in [0.05, 0.1) is 6.10 Å². The molecule has 0 radical (unpaired) electrons. The summed E-state index contributed by atoms with van der Waals surface area (Å²) >= 11 is 0. The first-order valence-electron chi connectivity index (χ1n) is 5.41. The summed E-state index contributed by atoms with van der Waals surface area (Å²) in [6.45, 7) is 7.30. The van der Waals surface area contributed by atoms with E-state index in [1.165, 1.54) is 12.8 Å². The largest absolute Gasteiger partial charge is 0.459 e. The van der Waals surface area contributed by atoms with Crippen molar-refractivity contribution in [2.45, 2.75) is 52.1 Å². The summed E-state index contributed by atoms with van der Waals surface area (Å²) in [6, 6.07) is 1.68. The lowest BCUT2D eigenvalue weighted by atomic mass is 10.1. The molecule has 0 saturated heterocycles. The number of rotatable bonds is 7. The molecule has 0 heterocycles. The molecule has 0 spiro atoms. The zero-order valence-corrected chi connectivity index (χ0v) is 9.58. The van der Waals surface area contributed by atoms with Gasteiger partial charge in [0.1, 0.15) is 11.6 Å². The molecular formula is C12H19NO2. The van der Waals surface area contributed by atoms with Gasteiger partial charge in [0.2, 0.25) is 0 Å². The van der Waals surface area contributed by atoms with Gasteiger partial charge in [-0.25, -0.2) is 4.79 Å². The fraction of sp³-hybridized carbons (Fsp3) is 0.667. The number of carbonyl (C=O) groups excluding carboxylic acids is 1. The van der Waals surface area contributed by atoms with Crippen LogP contribution in [0, 0.1) is 11.3 Å². The average Bonchev–Trinajstić information content (AvgIpc) is 2.23. The second-order valence-electron chi connectivity index (χ2n) is 3.66. The fourth-order valence-corrected chi connectivity index (χ4v) is 1.22. The van der Waals surface area contributed by atoms with E-state index in [1.54, 1.807) is 6.07 Å². The molecule has 0 aliphatic rings. The highest BCUT2D eigenvalue weighted by atomic mass is 16.5. The van der Waals surface area contributed by atoms with E-state index in [9.17, 15) is 4.79 Å². The Morgan fingerprint density at radius 1 is 1.47 bits per heavy atom. The van der Waals surface area contributed by atoms with Crippen molar-refractivity contribution in [3.63, 3.8) is 0 Å². The number of unbranched alkanes of at least 4 members (excludes halogenated alkanes) is 3. The molecule has 3 heteroatoms. The number of ether oxygens (including phenoxy) is 1. The van der Waals surface area contributed by atoms with Crippen LogP contribution in [0.4, 0.5) is 0 Å². The van der Waals surface area contributed by atoms with Gasteiger partial charge in [0.15, 0.2) is 0 Å². The highest BCUT2D eigenvalue weighted by Gasteiger charge is 2.11. The van der Waals surface area contributed by atoms with Gasteiger partial charge in [0, 0.05) is 0 Å². The summed E-state index contributed by atoms with van der Waals surface area (Å²) in [4.78, 5) is 11.1. The van der Waals surface area contributed by atoms with Crippen molar-refractivity contribution in [3.8, 4) is 6.07 Å². The van der Waals surface area contributed by atoms with Gasteiger partial charge in [-0.15, -0.1) is 0 Å². The van der Waals surface area contributed by atoms with E-state index in [1.807, 2.05) is 6.92 Å². The van der Waals surface area contributed by atoms with E-state index in [0.29, 0.717) is 0 Å². The number of carbonyl (C=O) groups is 1. The van der Waals surface area contributed by atoms with Crippen molar-refractivity contribution in [1.29, 1.82) is 5.26 Å². The van der Waals surface area contributed by atoms with Gasteiger partial charge >= 0.3 is 5.97 Å². The summed E-state index contributed by atoms with van der Waals surface area (Å²) in [5.41, 5.74) is -0.129. The predicted molar refractivity (Wildman–Crippen MR) is 59.1 cm³/mol. The number of nitriles is 1. The number of esters is 1. The predicted octanol–water partition coefficient (Wildman–Crippen LogP) is 2.97. The van der Waals surface area contributed by atoms with Crippen LogP contribution in [-0.4, -0.2) is 12.1 Å². The van der Waals surface area contributed by atoms with Crippen molar-refractivity contribution in [2.24, 2.45) is 0 Å². The molecule has 0 aromatic carbocycles. The molecule has 0 fully saturated rings. The smallest absolute Gasteiger partial charge is 0.348 e. The van der Waals surface area contributed by atoms with Gasteiger partial charge in [0.25, 0.3) is 0 Å². The fourth-order valence-electron chi connectivity index (χ4n) is 1.22. The normalized spacial score (nSPS) is 11.5. The van der Waals surface area contributed by atoms with E-state index in [2.05, 4.69) is 13.5 Å². The summed E-state index contributed by atoms with van der Waals surface area (Å²) in [6.07, 6.45) is 5.35. The van der Waals surface area contributed by atoms with Crippen molar-refractivity contribution in [2.75, 3.05) is 0 Å². The maximum atomic E-state index is 11.1. The molecule has 0 N–H and O–H groups in total. The van der Waals surface area contributed by atoms with Crippen molar-refractivity contribution >= 4 is 5.97 Å². The van der Waals surface area contributed by atoms with Crippen LogP contribution in [-0.2, 0) is 9.53 Å². The second kappa shape index (κ2) is 8.05. The molecule has 0 aliphatic carbocycles. The first-order valence-corrected chi connectivity index (χ1v) is 5.41. The molecule has 15 heavy (non-hydrogen) atoms. The van der Waals surface area contributed by atoms with E-state index in [0.717, 1.165) is 19.3 Å². The van der Waals surface area contributed by atoms with Crippen LogP contribution >= 0.6 is 0 Å². The summed E-state index contributed by atoms with van der Waals surface area (Å²) in [7, 11) is 0. The maximum Gasteiger partial charge on any atom is 0.348 e. The number of hydrogen-bond acceptors (Lipinski definition) is 3. The SMILES string of the molecule is C=C(C#N)C(=O)OC(C)CCCCCC. The van der Waals surface area contributed by atoms with Crippen LogP contribution in [0.15, 0.2) is 12.2 Å². The molecule has 0 aliphatic heterocycles. The number of hydrogen-bond donors (Lipinski definition) is 0. The molecular weight excluding hydrogens is 190 g/mol. The van der Waals surface area contributed by atoms with Crippen LogP contribution < -0.4 is 0 Å². The third kappa shape index (κ3) is 6.73. The Balaban J connectivity index is 3.65. The van der Waals surface area contributed by atoms with E-state index in [-0.39, 0.29) is 11.7 Å². The Bertz CT molecular complexity index is 253. The van der Waals surface area contributed by atoms with Crippen molar-refractivity contribution in [3.05, 3.63) is 12.2 Å². The first-order chi connectivity index (χ1) is 7.11. The Hall–Kier alpha value is -1.30. The van der Waals surface area contributed by atoms with Gasteiger partial charge in [-0.3, -0.25) is 0 Å². The minimum absolute atomic E-state index is 0.126. The Morgan fingerprint density at radius 2 is 2.13 bits per heavy atom. The Kier molecular flexibility index (Phi) is 7.35. The van der Waals surface area contributed by atoms with E-state index < -0.39 is 5.97 Å². The lowest BCUT2D eigenvalue weighted by Gasteiger charge is -2.11. The average molecular weight is 209 g/mol. The highest BCUT2D eigenvalue weighted by Crippen LogP contribution is 2.09. The molecule has 1 unspecified atom stereocenters. The van der Waals surface area contributed by atoms with Crippen LogP contribution in [0.5, 0.6) is 0 Å². The zero-order valence-electron chi connectivity index (χ0n) is 9.58. The van der Waals surface area contributed by atoms with Crippen LogP contribution in [0.1, 0.15) is 46.0 Å². The quantitative estimate of drug-likeness (QED) is 0.280. The topological polar surface area (TPSA) is 50.1 Å². The van der Waals surface area contributed by atoms with Crippen LogP contribution in [0.2, 0.25) is 0 Å². The van der Waals surface area contributed by atoms with Gasteiger partial charge in [-0.05, 0) is 19.8 Å². The standard InChI is InChI=1S/C12H19NO2/c1-4-5-6-7-8-11(3)15-12(14)10(2)9-13/h11H,2,4-8H2,1,3H3. The van der Waals surface area contributed by atoms with E-state index in [4.69, 9.17) is 10.00 Å². The molecule has 0 bridgehead atoms. The molecule has 1 atom stereocenters. The molecule has 0 rings (SSSR count). The lowest BCUT2D eigenvalue weighted by molar-refractivity contribution is -0.143. The van der Waals surface area contributed by atoms with Gasteiger partial charge in [-0.2, -0.15) is 5.26 Å². The molecule has 0 saturated carbocycles. The molecule has 84 valence electrons. The summed E-state index contributed by atoms with van der Waals surface area (Å²) in [5.74, 6) is -0.597. The maximum absolute atomic E-state index is 11.1. The summed E-state index contributed by atoms with van der Waals surface area (Å²) in [5, 5.41) is 8.41. The number of nitrogens with zero attached hydrogens (tertiary/aromatic N) is 1. The minimum Gasteiger partial charge on any atom is -0.459 e. The van der Waals surface area contributed by atoms with Crippen molar-refractivity contribution in [1.82, 2.24) is 0 Å². The molecule has 0 aromatic heterocycles. The van der Waals surface area contributed by atoms with Crippen LogP contribution in [0.25, 0.3) is 0 Å². The molecule has 3 nitrogen and oxygen atoms in total. The highest BCUT2D eigenvalue weighted by molar-refractivity contribution is 5.91. The summed E-state index contributed by atoms with van der Waals surface area (Å²) < 4.78 is 5.02. The monoisotopic (exact) mass is 209 g/mol. The van der Waals surface area contributed by atoms with Crippen LogP contribution in [0.3, 0.4) is 0 Å². The third-order valence-corrected chi connectivity index (χ3v) is 2.15. The Labute approximate surface area is 91.7 Å². The minimum atomic E-state index is -0.597. The first kappa shape index (κ1) is 13.7. The third-order valence-electron chi connectivity index (χ3n) is 2.15. The zero-order chi connectivity index (χ0) is 11.7. The molecule has 0 amide bonds. The molecule has 0 aromatic rings. The lowest BCUT2D eigenvalue weighted by Crippen LogP contribution is -2.15. The van der Waals surface area contributed by atoms with Crippen molar-refractivity contribution < 1.29 is 9.53 Å². The second-order valence-corrected chi connectivity index (χ2v) is 3.66. The Morgan fingerprint density at radius 3 is 2.67 bits per heavy atom. The van der Waals surface area contributed by atoms with Gasteiger partial charge < -0.3 is 4.74 Å².